The molecule has 0 amide bonds. The molecule has 1 saturated heterocycles. The van der Waals surface area contributed by atoms with Gasteiger partial charge in [0.2, 0.25) is 0 Å². The molecule has 0 radical (unpaired) electrons. The van der Waals surface area contributed by atoms with Gasteiger partial charge in [-0.05, 0) is 43.2 Å². The molecule has 0 saturated carbocycles. The lowest BCUT2D eigenvalue weighted by Crippen LogP contribution is -2.43. The van der Waals surface area contributed by atoms with Crippen molar-refractivity contribution < 1.29 is 14.4 Å². The predicted molar refractivity (Wildman–Crippen MR) is 137 cm³/mol. The number of para-hydroxylation sites is 4. The topological polar surface area (TPSA) is 68.1 Å². The molecule has 0 atom stereocenters. The number of anilines is 2. The van der Waals surface area contributed by atoms with Crippen molar-refractivity contribution in [3.63, 3.8) is 0 Å². The van der Waals surface area contributed by atoms with E-state index in [1.165, 1.54) is 18.4 Å². The highest BCUT2D eigenvalue weighted by molar-refractivity contribution is 5.73. The van der Waals surface area contributed by atoms with Gasteiger partial charge in [-0.15, -0.1) is 0 Å². The standard InChI is InChI=1S/C28H29N3O4/c1-34-27-14-6-9-21(28(27)31(32)33)10-7-17-29-18-15-23(16-19-29)30-24-11-3-2-8-22(24)20-35-26-13-5-4-12-25(26)30/h2-14,23H,15-20H2,1H3. The van der Waals surface area contributed by atoms with Gasteiger partial charge in [-0.25, -0.2) is 0 Å². The molecule has 2 heterocycles. The van der Waals surface area contributed by atoms with Crippen LogP contribution in [-0.4, -0.2) is 42.6 Å². The number of rotatable bonds is 6. The molecule has 2 aliphatic heterocycles. The second kappa shape index (κ2) is 10.2. The van der Waals surface area contributed by atoms with Crippen LogP contribution in [0, 0.1) is 10.1 Å². The van der Waals surface area contributed by atoms with Gasteiger partial charge in [0, 0.05) is 36.9 Å². The average molecular weight is 472 g/mol. The Hall–Kier alpha value is -3.84. The molecule has 0 unspecified atom stereocenters. The molecule has 0 aromatic heterocycles. The van der Waals surface area contributed by atoms with Crippen LogP contribution in [0.4, 0.5) is 17.1 Å². The maximum absolute atomic E-state index is 11.5. The highest BCUT2D eigenvalue weighted by Gasteiger charge is 2.30. The smallest absolute Gasteiger partial charge is 0.318 e. The number of methoxy groups -OCH3 is 1. The van der Waals surface area contributed by atoms with E-state index in [2.05, 4.69) is 46.2 Å². The number of piperidine rings is 1. The first-order chi connectivity index (χ1) is 17.2. The number of ether oxygens (including phenoxy) is 2. The Morgan fingerprint density at radius 3 is 2.54 bits per heavy atom. The molecule has 7 nitrogen and oxygen atoms in total. The van der Waals surface area contributed by atoms with Crippen molar-refractivity contribution in [1.82, 2.24) is 4.90 Å². The summed E-state index contributed by atoms with van der Waals surface area (Å²) in [7, 11) is 1.45. The maximum atomic E-state index is 11.5. The normalized spacial score (nSPS) is 16.3. The number of fused-ring (bicyclic) bond motifs is 2. The van der Waals surface area contributed by atoms with E-state index < -0.39 is 0 Å². The molecule has 0 spiro atoms. The molecule has 3 aromatic rings. The van der Waals surface area contributed by atoms with E-state index in [9.17, 15) is 10.1 Å². The summed E-state index contributed by atoms with van der Waals surface area (Å²) >= 11 is 0. The molecule has 0 bridgehead atoms. The maximum Gasteiger partial charge on any atom is 0.318 e. The first kappa shape index (κ1) is 22.9. The molecule has 180 valence electrons. The summed E-state index contributed by atoms with van der Waals surface area (Å²) in [4.78, 5) is 16.0. The van der Waals surface area contributed by atoms with Crippen molar-refractivity contribution in [2.75, 3.05) is 31.6 Å². The Balaban J connectivity index is 1.29. The third kappa shape index (κ3) is 4.72. The Bertz CT molecular complexity index is 1190. The summed E-state index contributed by atoms with van der Waals surface area (Å²) in [6, 6.07) is 22.3. The van der Waals surface area contributed by atoms with Gasteiger partial charge >= 0.3 is 5.69 Å². The van der Waals surface area contributed by atoms with Crippen LogP contribution in [0.2, 0.25) is 0 Å². The van der Waals surface area contributed by atoms with Gasteiger partial charge in [-0.1, -0.05) is 48.6 Å². The van der Waals surface area contributed by atoms with Crippen LogP contribution in [-0.2, 0) is 6.61 Å². The molecule has 7 heteroatoms. The van der Waals surface area contributed by atoms with Crippen molar-refractivity contribution in [1.29, 1.82) is 0 Å². The van der Waals surface area contributed by atoms with Gasteiger partial charge in [0.15, 0.2) is 5.75 Å². The van der Waals surface area contributed by atoms with E-state index in [1.54, 1.807) is 18.2 Å². The second-order valence-electron chi connectivity index (χ2n) is 8.84. The minimum Gasteiger partial charge on any atom is -0.490 e. The molecule has 0 N–H and O–H groups in total. The van der Waals surface area contributed by atoms with E-state index in [4.69, 9.17) is 9.47 Å². The van der Waals surface area contributed by atoms with E-state index in [0.717, 1.165) is 43.9 Å². The number of hydrogen-bond acceptors (Lipinski definition) is 6. The van der Waals surface area contributed by atoms with Crippen LogP contribution in [0.3, 0.4) is 0 Å². The highest BCUT2D eigenvalue weighted by Crippen LogP contribution is 2.42. The molecule has 1 fully saturated rings. The van der Waals surface area contributed by atoms with Gasteiger partial charge in [-0.3, -0.25) is 15.0 Å². The fraction of sp³-hybridized carbons (Fsp3) is 0.286. The van der Waals surface area contributed by atoms with E-state index >= 15 is 0 Å². The zero-order valence-corrected chi connectivity index (χ0v) is 19.8. The summed E-state index contributed by atoms with van der Waals surface area (Å²) in [5, 5.41) is 11.5. The Kier molecular flexibility index (Phi) is 6.68. The number of nitrogens with zero attached hydrogens (tertiary/aromatic N) is 3. The minimum atomic E-state index is -0.384. The Morgan fingerprint density at radius 1 is 1.03 bits per heavy atom. The molecular formula is C28H29N3O4. The van der Waals surface area contributed by atoms with Crippen LogP contribution in [0.5, 0.6) is 11.5 Å². The van der Waals surface area contributed by atoms with Crippen molar-refractivity contribution in [2.45, 2.75) is 25.5 Å². The van der Waals surface area contributed by atoms with Crippen LogP contribution in [0.25, 0.3) is 6.08 Å². The van der Waals surface area contributed by atoms with Crippen molar-refractivity contribution in [3.05, 3.63) is 94.0 Å². The lowest BCUT2D eigenvalue weighted by Gasteiger charge is -2.39. The lowest BCUT2D eigenvalue weighted by atomic mass is 10.00. The number of likely N-dealkylation sites (tertiary alicyclic amines) is 1. The summed E-state index contributed by atoms with van der Waals surface area (Å²) in [5.41, 5.74) is 4.11. The summed E-state index contributed by atoms with van der Waals surface area (Å²) in [5.74, 6) is 1.20. The summed E-state index contributed by atoms with van der Waals surface area (Å²) in [6.07, 6.45) is 5.88. The van der Waals surface area contributed by atoms with Gasteiger partial charge in [0.25, 0.3) is 0 Å². The number of hydrogen-bond donors (Lipinski definition) is 0. The second-order valence-corrected chi connectivity index (χ2v) is 8.84. The molecule has 0 aliphatic carbocycles. The molecule has 3 aromatic carbocycles. The first-order valence-corrected chi connectivity index (χ1v) is 11.9. The van der Waals surface area contributed by atoms with Crippen molar-refractivity contribution >= 4 is 23.1 Å². The van der Waals surface area contributed by atoms with Gasteiger partial charge in [-0.2, -0.15) is 0 Å². The van der Waals surface area contributed by atoms with E-state index in [0.29, 0.717) is 18.2 Å². The lowest BCUT2D eigenvalue weighted by molar-refractivity contribution is -0.386. The van der Waals surface area contributed by atoms with Crippen molar-refractivity contribution in [2.24, 2.45) is 0 Å². The fourth-order valence-electron chi connectivity index (χ4n) is 5.05. The quantitative estimate of drug-likeness (QED) is 0.334. The van der Waals surface area contributed by atoms with Crippen molar-refractivity contribution in [3.8, 4) is 11.5 Å². The van der Waals surface area contributed by atoms with Crippen LogP contribution < -0.4 is 14.4 Å². The summed E-state index contributed by atoms with van der Waals surface area (Å²) < 4.78 is 11.3. The number of nitro groups is 1. The largest absolute Gasteiger partial charge is 0.490 e. The van der Waals surface area contributed by atoms with Gasteiger partial charge in [0.05, 0.1) is 23.3 Å². The Morgan fingerprint density at radius 2 is 1.77 bits per heavy atom. The average Bonchev–Trinajstić information content (AvgIpc) is 3.06. The predicted octanol–water partition coefficient (Wildman–Crippen LogP) is 5.81. The van der Waals surface area contributed by atoms with E-state index in [1.807, 2.05) is 24.3 Å². The SMILES string of the molecule is COc1cccc(C=CCN2CCC(N3c4ccccc4COc4ccccc43)CC2)c1[N+](=O)[O-]. The zero-order valence-electron chi connectivity index (χ0n) is 19.8. The van der Waals surface area contributed by atoms with Crippen LogP contribution in [0.15, 0.2) is 72.8 Å². The van der Waals surface area contributed by atoms with Crippen LogP contribution in [0.1, 0.15) is 24.0 Å². The molecule has 2 aliphatic rings. The molecular weight excluding hydrogens is 442 g/mol. The zero-order chi connectivity index (χ0) is 24.2. The molecule has 35 heavy (non-hydrogen) atoms. The van der Waals surface area contributed by atoms with Crippen LogP contribution >= 0.6 is 0 Å². The minimum absolute atomic E-state index is 0.00525. The van der Waals surface area contributed by atoms with Gasteiger partial charge < -0.3 is 14.4 Å². The number of nitro benzene ring substituents is 1. The Labute approximate surface area is 205 Å². The third-order valence-electron chi connectivity index (χ3n) is 6.78. The first-order valence-electron chi connectivity index (χ1n) is 11.9. The number of benzene rings is 3. The van der Waals surface area contributed by atoms with Gasteiger partial charge in [0.1, 0.15) is 12.4 Å². The fourth-order valence-corrected chi connectivity index (χ4v) is 5.05. The highest BCUT2D eigenvalue weighted by atomic mass is 16.6. The van der Waals surface area contributed by atoms with E-state index in [-0.39, 0.29) is 16.4 Å². The summed E-state index contributed by atoms with van der Waals surface area (Å²) in [6.45, 7) is 3.23. The third-order valence-corrected chi connectivity index (χ3v) is 6.78. The molecule has 5 rings (SSSR count). The monoisotopic (exact) mass is 471 g/mol.